The number of para-hydroxylation sites is 1. The molecule has 40 heavy (non-hydrogen) atoms. The second-order valence-corrected chi connectivity index (χ2v) is 10.6. The van der Waals surface area contributed by atoms with Crippen molar-refractivity contribution in [3.8, 4) is 5.75 Å². The Kier molecular flexibility index (Phi) is 10.3. The molecule has 1 saturated heterocycles. The largest absolute Gasteiger partial charge is 0.494 e. The van der Waals surface area contributed by atoms with Gasteiger partial charge in [0.25, 0.3) is 11.8 Å². The number of hydrogen-bond donors (Lipinski definition) is 2. The molecule has 3 amide bonds. The second kappa shape index (κ2) is 14.0. The number of carbonyl (C=O) groups excluding carboxylic acids is 3. The summed E-state index contributed by atoms with van der Waals surface area (Å²) in [4.78, 5) is 40.9. The zero-order valence-electron chi connectivity index (χ0n) is 22.1. The zero-order valence-corrected chi connectivity index (χ0v) is 24.5. The number of carbonyl (C=O) groups is 3. The summed E-state index contributed by atoms with van der Waals surface area (Å²) in [6.07, 6.45) is 4.27. The molecule has 0 aliphatic carbocycles. The number of amides is 3. The molecule has 0 saturated carbocycles. The van der Waals surface area contributed by atoms with Crippen molar-refractivity contribution in [2.75, 3.05) is 16.8 Å². The van der Waals surface area contributed by atoms with Gasteiger partial charge in [-0.15, -0.1) is 0 Å². The van der Waals surface area contributed by atoms with Gasteiger partial charge >= 0.3 is 0 Å². The molecule has 0 bridgehead atoms. The number of unbranched alkanes of at least 4 members (excludes halogenated alkanes) is 3. The van der Waals surface area contributed by atoms with E-state index in [2.05, 4.69) is 33.6 Å². The van der Waals surface area contributed by atoms with E-state index in [1.54, 1.807) is 72.8 Å². The SMILES string of the molecule is CCCCCCOc1ccc(NC(=O)CC2C(=O)N(c3ccccc3)C(=S)N2NC(=O)c2ccc(Br)cc2)cc1. The number of rotatable bonds is 12. The molecule has 1 unspecified atom stereocenters. The highest BCUT2D eigenvalue weighted by molar-refractivity contribution is 9.10. The topological polar surface area (TPSA) is 91.0 Å². The van der Waals surface area contributed by atoms with E-state index in [9.17, 15) is 14.4 Å². The smallest absolute Gasteiger partial charge is 0.269 e. The van der Waals surface area contributed by atoms with Crippen molar-refractivity contribution in [1.82, 2.24) is 10.4 Å². The van der Waals surface area contributed by atoms with Gasteiger partial charge in [0.2, 0.25) is 11.0 Å². The molecular formula is C30H31BrN4O4S. The fraction of sp³-hybridized carbons (Fsp3) is 0.267. The molecule has 1 aliphatic heterocycles. The van der Waals surface area contributed by atoms with Crippen molar-refractivity contribution in [2.45, 2.75) is 45.1 Å². The first-order chi connectivity index (χ1) is 19.4. The van der Waals surface area contributed by atoms with Crippen LogP contribution in [0.4, 0.5) is 11.4 Å². The van der Waals surface area contributed by atoms with Crippen LogP contribution in [0.25, 0.3) is 0 Å². The molecule has 1 fully saturated rings. The van der Waals surface area contributed by atoms with E-state index in [0.717, 1.165) is 23.1 Å². The summed E-state index contributed by atoms with van der Waals surface area (Å²) in [6.45, 7) is 2.82. The molecule has 208 valence electrons. The molecule has 0 radical (unpaired) electrons. The summed E-state index contributed by atoms with van der Waals surface area (Å²) in [5.74, 6) is -0.527. The van der Waals surface area contributed by atoms with Crippen LogP contribution in [0.5, 0.6) is 5.75 Å². The number of benzene rings is 3. The standard InChI is InChI=1S/C30H31BrN4O4S/c1-2-3-4-8-19-39-25-17-15-23(16-18-25)32-27(36)20-26-29(38)34(24-9-6-5-7-10-24)30(40)35(26)33-28(37)21-11-13-22(31)14-12-21/h5-7,9-18,26H,2-4,8,19-20H2,1H3,(H,32,36)(H,33,37). The molecular weight excluding hydrogens is 592 g/mol. The molecule has 1 aliphatic rings. The van der Waals surface area contributed by atoms with Crippen molar-refractivity contribution in [1.29, 1.82) is 0 Å². The summed E-state index contributed by atoms with van der Waals surface area (Å²) >= 11 is 8.96. The average molecular weight is 624 g/mol. The predicted molar refractivity (Wildman–Crippen MR) is 163 cm³/mol. The molecule has 8 nitrogen and oxygen atoms in total. The van der Waals surface area contributed by atoms with Crippen molar-refractivity contribution >= 4 is 62.4 Å². The van der Waals surface area contributed by atoms with Gasteiger partial charge in [0.15, 0.2) is 0 Å². The number of thiocarbonyl (C=S) groups is 1. The first kappa shape index (κ1) is 29.2. The highest BCUT2D eigenvalue weighted by atomic mass is 79.9. The van der Waals surface area contributed by atoms with Gasteiger partial charge in [-0.3, -0.25) is 24.7 Å². The van der Waals surface area contributed by atoms with Crippen LogP contribution < -0.4 is 20.4 Å². The van der Waals surface area contributed by atoms with Crippen molar-refractivity contribution in [2.24, 2.45) is 0 Å². The second-order valence-electron chi connectivity index (χ2n) is 9.31. The summed E-state index contributed by atoms with van der Waals surface area (Å²) in [7, 11) is 0. The van der Waals surface area contributed by atoms with Gasteiger partial charge < -0.3 is 10.1 Å². The van der Waals surface area contributed by atoms with Crippen LogP contribution in [-0.2, 0) is 9.59 Å². The summed E-state index contributed by atoms with van der Waals surface area (Å²) in [6, 6.07) is 21.7. The summed E-state index contributed by atoms with van der Waals surface area (Å²) in [5, 5.41) is 4.21. The minimum atomic E-state index is -1.03. The molecule has 4 rings (SSSR count). The molecule has 3 aromatic carbocycles. The van der Waals surface area contributed by atoms with E-state index in [-0.39, 0.29) is 11.5 Å². The molecule has 10 heteroatoms. The van der Waals surface area contributed by atoms with Gasteiger partial charge in [0, 0.05) is 15.7 Å². The Bertz CT molecular complexity index is 1340. The van der Waals surface area contributed by atoms with E-state index in [0.29, 0.717) is 23.5 Å². The number of hydrazine groups is 1. The third kappa shape index (κ3) is 7.45. The van der Waals surface area contributed by atoms with Crippen LogP contribution in [0.3, 0.4) is 0 Å². The van der Waals surface area contributed by atoms with Crippen molar-refractivity contribution in [3.05, 3.63) is 88.9 Å². The molecule has 1 heterocycles. The first-order valence-corrected chi connectivity index (χ1v) is 14.4. The number of nitrogens with one attached hydrogen (secondary N) is 2. The van der Waals surface area contributed by atoms with Gasteiger partial charge in [0.1, 0.15) is 11.8 Å². The third-order valence-electron chi connectivity index (χ3n) is 6.34. The van der Waals surface area contributed by atoms with Gasteiger partial charge in [0.05, 0.1) is 18.7 Å². The number of halogens is 1. The quantitative estimate of drug-likeness (QED) is 0.188. The monoisotopic (exact) mass is 622 g/mol. The van der Waals surface area contributed by atoms with Crippen LogP contribution in [0, 0.1) is 0 Å². The Labute approximate surface area is 247 Å². The summed E-state index contributed by atoms with van der Waals surface area (Å²) in [5.41, 5.74) is 4.23. The number of hydrogen-bond acceptors (Lipinski definition) is 5. The van der Waals surface area contributed by atoms with Crippen LogP contribution in [-0.4, -0.2) is 40.5 Å². The minimum Gasteiger partial charge on any atom is -0.494 e. The maximum atomic E-state index is 13.5. The number of anilines is 2. The van der Waals surface area contributed by atoms with E-state index >= 15 is 0 Å². The molecule has 0 spiro atoms. The van der Waals surface area contributed by atoms with Crippen LogP contribution in [0.15, 0.2) is 83.3 Å². The molecule has 1 atom stereocenters. The Morgan fingerprint density at radius 1 is 0.950 bits per heavy atom. The molecule has 0 aromatic heterocycles. The van der Waals surface area contributed by atoms with E-state index in [4.69, 9.17) is 17.0 Å². The van der Waals surface area contributed by atoms with E-state index in [1.165, 1.54) is 22.8 Å². The fourth-order valence-corrected chi connectivity index (χ4v) is 4.86. The van der Waals surface area contributed by atoms with Gasteiger partial charge in [-0.2, -0.15) is 0 Å². The maximum absolute atomic E-state index is 13.5. The lowest BCUT2D eigenvalue weighted by molar-refractivity contribution is -0.124. The van der Waals surface area contributed by atoms with Crippen molar-refractivity contribution in [3.63, 3.8) is 0 Å². The Balaban J connectivity index is 1.44. The predicted octanol–water partition coefficient (Wildman–Crippen LogP) is 6.08. The van der Waals surface area contributed by atoms with E-state index < -0.39 is 23.8 Å². The Hall–Kier alpha value is -3.76. The molecule has 3 aromatic rings. The number of nitrogens with zero attached hydrogens (tertiary/aromatic N) is 2. The van der Waals surface area contributed by atoms with Crippen LogP contribution >= 0.6 is 28.1 Å². The van der Waals surface area contributed by atoms with Crippen LogP contribution in [0.2, 0.25) is 0 Å². The highest BCUT2D eigenvalue weighted by Crippen LogP contribution is 2.27. The lowest BCUT2D eigenvalue weighted by Crippen LogP contribution is -2.49. The maximum Gasteiger partial charge on any atom is 0.269 e. The lowest BCUT2D eigenvalue weighted by Gasteiger charge is -2.24. The fourth-order valence-electron chi connectivity index (χ4n) is 4.23. The van der Waals surface area contributed by atoms with Gasteiger partial charge in [-0.1, -0.05) is 60.3 Å². The third-order valence-corrected chi connectivity index (χ3v) is 7.25. The first-order valence-electron chi connectivity index (χ1n) is 13.2. The minimum absolute atomic E-state index is 0.0832. The van der Waals surface area contributed by atoms with Gasteiger partial charge in [-0.05, 0) is 79.3 Å². The zero-order chi connectivity index (χ0) is 28.5. The Morgan fingerprint density at radius 3 is 2.33 bits per heavy atom. The Morgan fingerprint density at radius 2 is 1.65 bits per heavy atom. The van der Waals surface area contributed by atoms with Crippen LogP contribution in [0.1, 0.15) is 49.4 Å². The summed E-state index contributed by atoms with van der Waals surface area (Å²) < 4.78 is 6.59. The lowest BCUT2D eigenvalue weighted by atomic mass is 10.1. The van der Waals surface area contributed by atoms with Gasteiger partial charge in [-0.25, -0.2) is 5.01 Å². The van der Waals surface area contributed by atoms with Crippen molar-refractivity contribution < 1.29 is 19.1 Å². The molecule has 2 N–H and O–H groups in total. The number of ether oxygens (including phenoxy) is 1. The normalized spacial score (nSPS) is 14.8. The highest BCUT2D eigenvalue weighted by Gasteiger charge is 2.45. The average Bonchev–Trinajstić information content (AvgIpc) is 3.18. The van der Waals surface area contributed by atoms with E-state index in [1.807, 2.05) is 6.07 Å².